The van der Waals surface area contributed by atoms with Crippen molar-refractivity contribution >= 4 is 11.8 Å². The number of likely N-dealkylation sites (tertiary alicyclic amines) is 2. The topological polar surface area (TPSA) is 53.1 Å². The molecule has 3 fully saturated rings. The number of hydrogen-bond acceptors (Lipinski definition) is 4. The SMILES string of the molecule is CC(=O)N1C[C@H]2CN(C(=O)C(C)(C)N3CCOCC3)C[C@H]2[C@@H]1c1cccc(F)c1. The second-order valence-electron chi connectivity index (χ2n) is 8.96. The summed E-state index contributed by atoms with van der Waals surface area (Å²) < 4.78 is 19.3. The Morgan fingerprint density at radius 3 is 2.52 bits per heavy atom. The van der Waals surface area contributed by atoms with E-state index in [0.717, 1.165) is 18.7 Å². The third-order valence-corrected chi connectivity index (χ3v) is 6.87. The maximum atomic E-state index is 13.9. The standard InChI is InChI=1S/C22H30FN3O3/c1-15(27)26-13-17-12-24(21(28)22(2,3)25-7-9-29-10-8-25)14-19(17)20(26)16-5-4-6-18(23)11-16/h4-6,11,17,19-20H,7-10,12-14H2,1-3H3/t17-,19-,20+/m1/s1. The Morgan fingerprint density at radius 2 is 1.86 bits per heavy atom. The molecule has 2 amide bonds. The number of morpholine rings is 1. The van der Waals surface area contributed by atoms with E-state index in [1.807, 2.05) is 29.7 Å². The highest BCUT2D eigenvalue weighted by Crippen LogP contribution is 2.45. The van der Waals surface area contributed by atoms with Crippen molar-refractivity contribution in [2.45, 2.75) is 32.4 Å². The first kappa shape index (κ1) is 20.3. The van der Waals surface area contributed by atoms with E-state index in [-0.39, 0.29) is 35.5 Å². The Morgan fingerprint density at radius 1 is 1.14 bits per heavy atom. The van der Waals surface area contributed by atoms with Gasteiger partial charge in [0.1, 0.15) is 5.82 Å². The second-order valence-corrected chi connectivity index (χ2v) is 8.96. The van der Waals surface area contributed by atoms with Gasteiger partial charge in [0.05, 0.1) is 24.8 Å². The molecular weight excluding hydrogens is 373 g/mol. The molecule has 0 N–H and O–H groups in total. The Bertz CT molecular complexity index is 793. The third kappa shape index (κ3) is 3.66. The van der Waals surface area contributed by atoms with Crippen LogP contribution >= 0.6 is 0 Å². The van der Waals surface area contributed by atoms with E-state index in [2.05, 4.69) is 4.90 Å². The fourth-order valence-electron chi connectivity index (χ4n) is 5.30. The minimum atomic E-state index is -0.586. The molecule has 158 valence electrons. The second kappa shape index (κ2) is 7.69. The van der Waals surface area contributed by atoms with Gasteiger partial charge in [-0.25, -0.2) is 4.39 Å². The number of rotatable bonds is 3. The summed E-state index contributed by atoms with van der Waals surface area (Å²) in [6.45, 7) is 10.2. The van der Waals surface area contributed by atoms with Crippen molar-refractivity contribution in [1.82, 2.24) is 14.7 Å². The van der Waals surface area contributed by atoms with E-state index >= 15 is 0 Å². The first-order valence-electron chi connectivity index (χ1n) is 10.4. The highest BCUT2D eigenvalue weighted by Gasteiger charge is 2.51. The van der Waals surface area contributed by atoms with E-state index < -0.39 is 5.54 Å². The molecule has 0 unspecified atom stereocenters. The van der Waals surface area contributed by atoms with Crippen LogP contribution in [0.1, 0.15) is 32.4 Å². The molecule has 3 heterocycles. The molecule has 0 saturated carbocycles. The van der Waals surface area contributed by atoms with Crippen LogP contribution in [0.4, 0.5) is 4.39 Å². The van der Waals surface area contributed by atoms with Crippen LogP contribution in [-0.2, 0) is 14.3 Å². The van der Waals surface area contributed by atoms with Crippen LogP contribution in [0.2, 0.25) is 0 Å². The molecule has 3 saturated heterocycles. The normalized spacial score (nSPS) is 27.9. The van der Waals surface area contributed by atoms with Crippen LogP contribution in [0, 0.1) is 17.7 Å². The summed E-state index contributed by atoms with van der Waals surface area (Å²) in [5.41, 5.74) is 0.228. The molecule has 1 aromatic rings. The van der Waals surface area contributed by atoms with Crippen molar-refractivity contribution in [1.29, 1.82) is 0 Å². The van der Waals surface area contributed by atoms with Crippen molar-refractivity contribution in [3.63, 3.8) is 0 Å². The van der Waals surface area contributed by atoms with E-state index in [4.69, 9.17) is 4.74 Å². The molecule has 0 bridgehead atoms. The molecule has 0 spiro atoms. The summed E-state index contributed by atoms with van der Waals surface area (Å²) in [4.78, 5) is 31.7. The number of amides is 2. The average Bonchev–Trinajstić information content (AvgIpc) is 3.26. The molecule has 29 heavy (non-hydrogen) atoms. The monoisotopic (exact) mass is 403 g/mol. The van der Waals surface area contributed by atoms with Crippen molar-refractivity contribution in [2.24, 2.45) is 11.8 Å². The summed E-state index contributed by atoms with van der Waals surface area (Å²) in [6, 6.07) is 6.33. The number of nitrogens with zero attached hydrogens (tertiary/aromatic N) is 3. The first-order chi connectivity index (χ1) is 13.8. The van der Waals surface area contributed by atoms with Crippen LogP contribution in [0.25, 0.3) is 0 Å². The van der Waals surface area contributed by atoms with Crippen LogP contribution in [0.5, 0.6) is 0 Å². The Balaban J connectivity index is 1.54. The van der Waals surface area contributed by atoms with Crippen LogP contribution in [0.3, 0.4) is 0 Å². The van der Waals surface area contributed by atoms with Gasteiger partial charge >= 0.3 is 0 Å². The van der Waals surface area contributed by atoms with E-state index in [0.29, 0.717) is 32.8 Å². The molecular formula is C22H30FN3O3. The van der Waals surface area contributed by atoms with Gasteiger partial charge in [-0.2, -0.15) is 0 Å². The summed E-state index contributed by atoms with van der Waals surface area (Å²) in [7, 11) is 0. The number of benzene rings is 1. The van der Waals surface area contributed by atoms with E-state index in [9.17, 15) is 14.0 Å². The molecule has 3 aliphatic heterocycles. The Hall–Kier alpha value is -1.99. The van der Waals surface area contributed by atoms with Gasteiger partial charge in [-0.05, 0) is 31.5 Å². The highest BCUT2D eigenvalue weighted by molar-refractivity contribution is 5.86. The van der Waals surface area contributed by atoms with Crippen LogP contribution in [-0.4, -0.2) is 78.0 Å². The molecule has 3 aliphatic rings. The van der Waals surface area contributed by atoms with Gasteiger partial charge in [0.15, 0.2) is 0 Å². The van der Waals surface area contributed by atoms with Crippen molar-refractivity contribution in [3.8, 4) is 0 Å². The lowest BCUT2D eigenvalue weighted by Crippen LogP contribution is -2.58. The molecule has 0 radical (unpaired) electrons. The lowest BCUT2D eigenvalue weighted by molar-refractivity contribution is -0.145. The Kier molecular flexibility index (Phi) is 5.38. The fourth-order valence-corrected chi connectivity index (χ4v) is 5.30. The number of halogens is 1. The predicted octanol–water partition coefficient (Wildman–Crippen LogP) is 1.91. The highest BCUT2D eigenvalue weighted by atomic mass is 19.1. The van der Waals surface area contributed by atoms with Gasteiger partial charge in [0.2, 0.25) is 11.8 Å². The summed E-state index contributed by atoms with van der Waals surface area (Å²) in [6.07, 6.45) is 0. The largest absolute Gasteiger partial charge is 0.379 e. The fraction of sp³-hybridized carbons (Fsp3) is 0.636. The summed E-state index contributed by atoms with van der Waals surface area (Å²) >= 11 is 0. The molecule has 6 nitrogen and oxygen atoms in total. The molecule has 7 heteroatoms. The van der Waals surface area contributed by atoms with Crippen LogP contribution in [0.15, 0.2) is 24.3 Å². The average molecular weight is 403 g/mol. The minimum Gasteiger partial charge on any atom is -0.379 e. The van der Waals surface area contributed by atoms with E-state index in [1.165, 1.54) is 12.1 Å². The Labute approximate surface area is 171 Å². The van der Waals surface area contributed by atoms with Gasteiger partial charge in [-0.1, -0.05) is 12.1 Å². The maximum absolute atomic E-state index is 13.9. The number of carbonyl (C=O) groups excluding carboxylic acids is 2. The van der Waals surface area contributed by atoms with Crippen LogP contribution < -0.4 is 0 Å². The summed E-state index contributed by atoms with van der Waals surface area (Å²) in [5, 5.41) is 0. The number of hydrogen-bond donors (Lipinski definition) is 0. The molecule has 1 aromatic carbocycles. The lowest BCUT2D eigenvalue weighted by Gasteiger charge is -2.41. The molecule has 0 aliphatic carbocycles. The minimum absolute atomic E-state index is 0.000171. The van der Waals surface area contributed by atoms with Gasteiger partial charge < -0.3 is 14.5 Å². The molecule has 0 aromatic heterocycles. The van der Waals surface area contributed by atoms with Crippen molar-refractivity contribution in [2.75, 3.05) is 45.9 Å². The van der Waals surface area contributed by atoms with Gasteiger partial charge in [0.25, 0.3) is 0 Å². The van der Waals surface area contributed by atoms with E-state index in [1.54, 1.807) is 13.0 Å². The zero-order chi connectivity index (χ0) is 20.8. The molecule has 3 atom stereocenters. The van der Waals surface area contributed by atoms with Gasteiger partial charge in [0, 0.05) is 51.5 Å². The number of carbonyl (C=O) groups is 2. The quantitative estimate of drug-likeness (QED) is 0.774. The lowest BCUT2D eigenvalue weighted by atomic mass is 9.89. The smallest absolute Gasteiger partial charge is 0.242 e. The van der Waals surface area contributed by atoms with Gasteiger partial charge in [-0.15, -0.1) is 0 Å². The zero-order valence-corrected chi connectivity index (χ0v) is 17.4. The summed E-state index contributed by atoms with van der Waals surface area (Å²) in [5.74, 6) is 0.178. The van der Waals surface area contributed by atoms with Gasteiger partial charge in [-0.3, -0.25) is 14.5 Å². The predicted molar refractivity (Wildman–Crippen MR) is 107 cm³/mol. The number of ether oxygens (including phenoxy) is 1. The molecule has 4 rings (SSSR count). The maximum Gasteiger partial charge on any atom is 0.242 e. The first-order valence-corrected chi connectivity index (χ1v) is 10.4. The third-order valence-electron chi connectivity index (χ3n) is 6.87. The van der Waals surface area contributed by atoms with Crippen molar-refractivity contribution in [3.05, 3.63) is 35.6 Å². The van der Waals surface area contributed by atoms with Crippen molar-refractivity contribution < 1.29 is 18.7 Å². The zero-order valence-electron chi connectivity index (χ0n) is 17.4. The number of fused-ring (bicyclic) bond motifs is 1.